The van der Waals surface area contributed by atoms with Crippen LogP contribution < -0.4 is 4.90 Å². The number of ether oxygens (including phenoxy) is 3. The first-order valence-electron chi connectivity index (χ1n) is 12.6. The van der Waals surface area contributed by atoms with Crippen molar-refractivity contribution in [1.82, 2.24) is 0 Å². The largest absolute Gasteiger partial charge is 0.456 e. The minimum atomic E-state index is -0.715. The molecule has 1 rings (SSSR count). The van der Waals surface area contributed by atoms with E-state index in [1.165, 1.54) is 0 Å². The van der Waals surface area contributed by atoms with Crippen LogP contribution in [0.15, 0.2) is 24.3 Å². The van der Waals surface area contributed by atoms with Crippen molar-refractivity contribution in [2.75, 3.05) is 24.7 Å². The molecule has 1 aromatic carbocycles. The summed E-state index contributed by atoms with van der Waals surface area (Å²) in [6.45, 7) is 22.1. The highest BCUT2D eigenvalue weighted by Gasteiger charge is 2.38. The molecule has 0 aromatic heterocycles. The van der Waals surface area contributed by atoms with E-state index in [9.17, 15) is 9.90 Å². The molecule has 0 aliphatic carbocycles. The summed E-state index contributed by atoms with van der Waals surface area (Å²) in [5.41, 5.74) is 0.433. The van der Waals surface area contributed by atoms with E-state index in [1.807, 2.05) is 24.3 Å². The molecule has 6 nitrogen and oxygen atoms in total. The summed E-state index contributed by atoms with van der Waals surface area (Å²) >= 11 is 0. The van der Waals surface area contributed by atoms with Gasteiger partial charge < -0.3 is 24.2 Å². The van der Waals surface area contributed by atoms with Gasteiger partial charge in [0.2, 0.25) is 0 Å². The summed E-state index contributed by atoms with van der Waals surface area (Å²) in [6, 6.07) is 7.62. The van der Waals surface area contributed by atoms with E-state index in [0.717, 1.165) is 18.5 Å². The lowest BCUT2D eigenvalue weighted by Crippen LogP contribution is -2.57. The summed E-state index contributed by atoms with van der Waals surface area (Å²) in [5, 5.41) is 9.20. The van der Waals surface area contributed by atoms with Crippen LogP contribution >= 0.6 is 0 Å². The first-order chi connectivity index (χ1) is 15.6. The van der Waals surface area contributed by atoms with Gasteiger partial charge in [0, 0.05) is 43.0 Å². The zero-order valence-corrected chi connectivity index (χ0v) is 23.2. The number of hydrogen-bond donors (Lipinski definition) is 1. The quantitative estimate of drug-likeness (QED) is 0.311. The molecule has 0 atom stereocenters. The highest BCUT2D eigenvalue weighted by Crippen LogP contribution is 2.36. The maximum Gasteiger partial charge on any atom is 0.338 e. The van der Waals surface area contributed by atoms with E-state index in [2.05, 4.69) is 60.3 Å². The van der Waals surface area contributed by atoms with Crippen LogP contribution in [0.2, 0.25) is 0 Å². The minimum Gasteiger partial charge on any atom is -0.456 e. The molecular weight excluding hydrogens is 430 g/mol. The Morgan fingerprint density at radius 3 is 1.65 bits per heavy atom. The average Bonchev–Trinajstić information content (AvgIpc) is 2.66. The fourth-order valence-corrected chi connectivity index (χ4v) is 4.21. The summed E-state index contributed by atoms with van der Waals surface area (Å²) < 4.78 is 17.4. The maximum atomic E-state index is 12.7. The van der Waals surface area contributed by atoms with Crippen LogP contribution in [0.1, 0.15) is 98.9 Å². The Balaban J connectivity index is 3.19. The summed E-state index contributed by atoms with van der Waals surface area (Å²) in [7, 11) is 0. The molecular formula is C28H49NO5. The van der Waals surface area contributed by atoms with E-state index < -0.39 is 5.60 Å². The Bertz CT molecular complexity index is 712. The molecule has 196 valence electrons. The van der Waals surface area contributed by atoms with E-state index in [4.69, 9.17) is 14.2 Å². The minimum absolute atomic E-state index is 0.0284. The van der Waals surface area contributed by atoms with Gasteiger partial charge in [0.25, 0.3) is 0 Å². The normalized spacial score (nSPS) is 13.0. The van der Waals surface area contributed by atoms with Gasteiger partial charge in [-0.15, -0.1) is 0 Å². The van der Waals surface area contributed by atoms with E-state index in [1.54, 1.807) is 13.8 Å². The van der Waals surface area contributed by atoms with Gasteiger partial charge in [0.1, 0.15) is 5.60 Å². The third kappa shape index (κ3) is 9.93. The van der Waals surface area contributed by atoms with Gasteiger partial charge in [0.15, 0.2) is 0 Å². The van der Waals surface area contributed by atoms with Crippen molar-refractivity contribution in [3.63, 3.8) is 0 Å². The molecule has 6 heteroatoms. The highest BCUT2D eigenvalue weighted by atomic mass is 16.6. The molecule has 0 saturated heterocycles. The summed E-state index contributed by atoms with van der Waals surface area (Å²) in [4.78, 5) is 15.1. The number of esters is 1. The van der Waals surface area contributed by atoms with Gasteiger partial charge in [-0.1, -0.05) is 0 Å². The van der Waals surface area contributed by atoms with Crippen molar-refractivity contribution in [3.8, 4) is 0 Å². The molecule has 0 radical (unpaired) electrons. The molecule has 34 heavy (non-hydrogen) atoms. The molecule has 0 amide bonds. The van der Waals surface area contributed by atoms with Gasteiger partial charge in [-0.05, 0) is 106 Å². The molecule has 0 fully saturated rings. The summed E-state index contributed by atoms with van der Waals surface area (Å²) in [6.07, 6.45) is 2.50. The first kappa shape index (κ1) is 30.4. The van der Waals surface area contributed by atoms with Crippen molar-refractivity contribution in [2.45, 2.75) is 117 Å². The lowest BCUT2D eigenvalue weighted by Gasteiger charge is -2.51. The number of aliphatic hydroxyl groups excluding tert-OH is 1. The van der Waals surface area contributed by atoms with Gasteiger partial charge in [-0.2, -0.15) is 0 Å². The third-order valence-electron chi connectivity index (χ3n) is 5.98. The smallest absolute Gasteiger partial charge is 0.338 e. The fourth-order valence-electron chi connectivity index (χ4n) is 4.21. The van der Waals surface area contributed by atoms with Crippen molar-refractivity contribution in [2.24, 2.45) is 0 Å². The van der Waals surface area contributed by atoms with Crippen LogP contribution in [0.3, 0.4) is 0 Å². The molecule has 1 aromatic rings. The molecule has 0 unspecified atom stereocenters. The third-order valence-corrected chi connectivity index (χ3v) is 5.98. The number of hydrogen-bond acceptors (Lipinski definition) is 6. The lowest BCUT2D eigenvalue weighted by molar-refractivity contribution is -0.0106. The molecule has 0 spiro atoms. The maximum absolute atomic E-state index is 12.7. The topological polar surface area (TPSA) is 68.2 Å². The number of benzene rings is 1. The SMILES string of the molecule is CC(C)OCCC(C)(C)N(c1ccc(C(=O)OC(C)(C)CCO)cc1)C(C)(C)CCOC(C)C. The second kappa shape index (κ2) is 12.9. The zero-order valence-electron chi connectivity index (χ0n) is 23.2. The number of nitrogens with zero attached hydrogens (tertiary/aromatic N) is 1. The average molecular weight is 480 g/mol. The first-order valence-corrected chi connectivity index (χ1v) is 12.6. The molecule has 0 bridgehead atoms. The van der Waals surface area contributed by atoms with Crippen molar-refractivity contribution >= 4 is 11.7 Å². The molecule has 1 N–H and O–H groups in total. The number of carbonyl (C=O) groups is 1. The molecule has 0 aliphatic rings. The predicted octanol–water partition coefficient (Wildman–Crippen LogP) is 6.00. The lowest BCUT2D eigenvalue weighted by atomic mass is 9.87. The Morgan fingerprint density at radius 2 is 1.26 bits per heavy atom. The van der Waals surface area contributed by atoms with Gasteiger partial charge in [-0.3, -0.25) is 0 Å². The van der Waals surface area contributed by atoms with Crippen LogP contribution in [0.25, 0.3) is 0 Å². The number of aliphatic hydroxyl groups is 1. The van der Waals surface area contributed by atoms with E-state index >= 15 is 0 Å². The van der Waals surface area contributed by atoms with Crippen LogP contribution in [0, 0.1) is 0 Å². The number of carbonyl (C=O) groups excluding carboxylic acids is 1. The Morgan fingerprint density at radius 1 is 0.824 bits per heavy atom. The number of anilines is 1. The standard InChI is InChI=1S/C28H49NO5/c1-21(2)32-19-16-26(5,6)29(27(7,8)17-20-33-22(3)4)24-13-11-23(12-14-24)25(31)34-28(9,10)15-18-30/h11-14,21-22,30H,15-20H2,1-10H3. The monoisotopic (exact) mass is 479 g/mol. The van der Waals surface area contributed by atoms with Crippen LogP contribution in [-0.4, -0.2) is 59.8 Å². The van der Waals surface area contributed by atoms with Crippen molar-refractivity contribution in [1.29, 1.82) is 0 Å². The van der Waals surface area contributed by atoms with E-state index in [0.29, 0.717) is 25.2 Å². The second-order valence-electron chi connectivity index (χ2n) is 11.5. The predicted molar refractivity (Wildman–Crippen MR) is 140 cm³/mol. The van der Waals surface area contributed by atoms with Gasteiger partial charge >= 0.3 is 5.97 Å². The van der Waals surface area contributed by atoms with Gasteiger partial charge in [0.05, 0.1) is 17.8 Å². The Kier molecular flexibility index (Phi) is 11.5. The van der Waals surface area contributed by atoms with Crippen molar-refractivity contribution < 1.29 is 24.1 Å². The molecule has 0 saturated carbocycles. The molecule has 0 heterocycles. The molecule has 0 aliphatic heterocycles. The van der Waals surface area contributed by atoms with E-state index in [-0.39, 0.29) is 35.9 Å². The highest BCUT2D eigenvalue weighted by molar-refractivity contribution is 5.90. The fraction of sp³-hybridized carbons (Fsp3) is 0.750. The Labute approximate surface area is 208 Å². The van der Waals surface area contributed by atoms with Gasteiger partial charge in [-0.25, -0.2) is 4.79 Å². The zero-order chi connectivity index (χ0) is 26.2. The van der Waals surface area contributed by atoms with Crippen LogP contribution in [-0.2, 0) is 14.2 Å². The summed E-state index contributed by atoms with van der Waals surface area (Å²) in [5.74, 6) is -0.384. The Hall–Kier alpha value is -1.63. The van der Waals surface area contributed by atoms with Crippen molar-refractivity contribution in [3.05, 3.63) is 29.8 Å². The number of rotatable bonds is 15. The van der Waals surface area contributed by atoms with Crippen LogP contribution in [0.5, 0.6) is 0 Å². The second-order valence-corrected chi connectivity index (χ2v) is 11.5. The van der Waals surface area contributed by atoms with Crippen LogP contribution in [0.4, 0.5) is 5.69 Å².